The standard InChI is InChI=1S/C39H50ClF3O4Si/c1-8-45-38(44)16-12-9-13-29(17-18-31-24-33(41)19-20-37(31)46-25-32-14-10-11-15-34(32)40)21-30-22-35(42)39(36(43)23-30)47-48(26(2)3,27(4)5)28(6)7/h10-11,14-15,17-20,22-24,26-29H,8-9,12-13,16,21,25H2,1-7H3/b18-17+. The van der Waals surface area contributed by atoms with Crippen LogP contribution in [0.1, 0.15) is 90.8 Å². The molecule has 0 spiro atoms. The molecule has 0 amide bonds. The molecule has 9 heteroatoms. The Labute approximate surface area is 290 Å². The third-order valence-electron chi connectivity index (χ3n) is 8.91. The number of rotatable bonds is 18. The summed E-state index contributed by atoms with van der Waals surface area (Å²) in [5, 5.41) is 0.570. The smallest absolute Gasteiger partial charge is 0.305 e. The van der Waals surface area contributed by atoms with Gasteiger partial charge in [0.15, 0.2) is 17.4 Å². The van der Waals surface area contributed by atoms with Crippen molar-refractivity contribution in [3.05, 3.63) is 99.8 Å². The number of benzene rings is 3. The molecule has 0 radical (unpaired) electrons. The van der Waals surface area contributed by atoms with Crippen LogP contribution >= 0.6 is 11.6 Å². The molecule has 0 saturated carbocycles. The van der Waals surface area contributed by atoms with Crippen molar-refractivity contribution < 1.29 is 31.9 Å². The van der Waals surface area contributed by atoms with E-state index in [1.807, 2.05) is 24.3 Å². The first-order valence-corrected chi connectivity index (χ1v) is 19.5. The second-order valence-corrected chi connectivity index (χ2v) is 19.0. The van der Waals surface area contributed by atoms with Gasteiger partial charge in [-0.05, 0) is 90.7 Å². The van der Waals surface area contributed by atoms with E-state index in [0.717, 1.165) is 5.56 Å². The number of unbranched alkanes of at least 4 members (excludes halogenated alkanes) is 1. The molecule has 0 N–H and O–H groups in total. The third-order valence-corrected chi connectivity index (χ3v) is 15.3. The minimum Gasteiger partial charge on any atom is -0.539 e. The summed E-state index contributed by atoms with van der Waals surface area (Å²) in [6.45, 7) is 14.7. The fourth-order valence-corrected chi connectivity index (χ4v) is 12.1. The molecule has 0 bridgehead atoms. The number of esters is 1. The molecule has 0 heterocycles. The van der Waals surface area contributed by atoms with Crippen molar-refractivity contribution in [2.75, 3.05) is 6.61 Å². The van der Waals surface area contributed by atoms with Crippen LogP contribution in [0.2, 0.25) is 21.6 Å². The van der Waals surface area contributed by atoms with E-state index in [2.05, 4.69) is 41.5 Å². The molecule has 0 aliphatic carbocycles. The van der Waals surface area contributed by atoms with Crippen molar-refractivity contribution in [2.24, 2.45) is 5.92 Å². The van der Waals surface area contributed by atoms with Gasteiger partial charge in [0.25, 0.3) is 8.32 Å². The average molecular weight is 703 g/mol. The molecule has 0 aliphatic heterocycles. The maximum absolute atomic E-state index is 15.7. The number of hydrogen-bond donors (Lipinski definition) is 0. The third kappa shape index (κ3) is 10.6. The van der Waals surface area contributed by atoms with Gasteiger partial charge in [0.05, 0.1) is 6.61 Å². The van der Waals surface area contributed by atoms with E-state index in [1.54, 1.807) is 25.1 Å². The summed E-state index contributed by atoms with van der Waals surface area (Å²) in [7, 11) is -2.59. The van der Waals surface area contributed by atoms with Gasteiger partial charge >= 0.3 is 5.97 Å². The molecule has 0 aliphatic rings. The van der Waals surface area contributed by atoms with Crippen molar-refractivity contribution in [2.45, 2.75) is 104 Å². The van der Waals surface area contributed by atoms with E-state index < -0.39 is 25.8 Å². The second-order valence-electron chi connectivity index (χ2n) is 13.2. The van der Waals surface area contributed by atoms with Gasteiger partial charge in [-0.25, -0.2) is 13.2 Å². The Kier molecular flexibility index (Phi) is 15.1. The van der Waals surface area contributed by atoms with E-state index in [-0.39, 0.29) is 47.3 Å². The first-order valence-electron chi connectivity index (χ1n) is 16.9. The monoisotopic (exact) mass is 702 g/mol. The highest BCUT2D eigenvalue weighted by Crippen LogP contribution is 2.44. The van der Waals surface area contributed by atoms with Crippen LogP contribution in [-0.4, -0.2) is 20.9 Å². The van der Waals surface area contributed by atoms with Crippen LogP contribution in [0.25, 0.3) is 6.08 Å². The molecule has 48 heavy (non-hydrogen) atoms. The van der Waals surface area contributed by atoms with Gasteiger partial charge in [-0.2, -0.15) is 0 Å². The maximum atomic E-state index is 15.7. The zero-order chi connectivity index (χ0) is 35.4. The molecule has 1 atom stereocenters. The van der Waals surface area contributed by atoms with Gasteiger partial charge in [0.1, 0.15) is 18.2 Å². The molecular weight excluding hydrogens is 653 g/mol. The van der Waals surface area contributed by atoms with Crippen LogP contribution in [0.3, 0.4) is 0 Å². The van der Waals surface area contributed by atoms with E-state index >= 15 is 8.78 Å². The number of carbonyl (C=O) groups excluding carboxylic acids is 1. The minimum absolute atomic E-state index is 0.154. The van der Waals surface area contributed by atoms with Crippen LogP contribution in [0.4, 0.5) is 13.2 Å². The molecule has 4 nitrogen and oxygen atoms in total. The van der Waals surface area contributed by atoms with Crippen LogP contribution in [0.15, 0.2) is 60.7 Å². The lowest BCUT2D eigenvalue weighted by atomic mass is 9.92. The summed E-state index contributed by atoms with van der Waals surface area (Å²) in [5.74, 6) is -2.11. The van der Waals surface area contributed by atoms with E-state index in [1.165, 1.54) is 24.3 Å². The summed E-state index contributed by atoms with van der Waals surface area (Å²) in [5.41, 5.74) is 2.27. The van der Waals surface area contributed by atoms with Gasteiger partial charge in [-0.3, -0.25) is 4.79 Å². The zero-order valence-corrected chi connectivity index (χ0v) is 31.0. The SMILES string of the molecule is CCOC(=O)CCCCC(/C=C/c1cc(F)ccc1OCc1ccccc1Cl)Cc1cc(F)c(O[Si](C(C)C)(C(C)C)C(C)C)c(F)c1. The Balaban J connectivity index is 1.88. The van der Waals surface area contributed by atoms with Crippen molar-refractivity contribution in [1.82, 2.24) is 0 Å². The predicted molar refractivity (Wildman–Crippen MR) is 192 cm³/mol. The quantitative estimate of drug-likeness (QED) is 0.0752. The largest absolute Gasteiger partial charge is 0.539 e. The van der Waals surface area contributed by atoms with Crippen molar-refractivity contribution in [3.63, 3.8) is 0 Å². The maximum Gasteiger partial charge on any atom is 0.305 e. The molecule has 0 fully saturated rings. The van der Waals surface area contributed by atoms with Crippen molar-refractivity contribution in [1.29, 1.82) is 0 Å². The molecule has 3 aromatic carbocycles. The molecular formula is C39H50ClF3O4Si. The number of allylic oxidation sites excluding steroid dienone is 1. The Morgan fingerprint density at radius 3 is 2.15 bits per heavy atom. The highest BCUT2D eigenvalue weighted by atomic mass is 35.5. The fourth-order valence-electron chi connectivity index (χ4n) is 6.63. The topological polar surface area (TPSA) is 44.8 Å². The number of hydrogen-bond acceptors (Lipinski definition) is 4. The molecule has 262 valence electrons. The zero-order valence-electron chi connectivity index (χ0n) is 29.3. The average Bonchev–Trinajstić information content (AvgIpc) is 3.01. The highest BCUT2D eigenvalue weighted by Gasteiger charge is 2.48. The second kappa shape index (κ2) is 18.5. The summed E-state index contributed by atoms with van der Waals surface area (Å²) >= 11 is 6.30. The Bertz CT molecular complexity index is 1480. The van der Waals surface area contributed by atoms with Crippen LogP contribution in [0, 0.1) is 23.4 Å². The first-order chi connectivity index (χ1) is 22.8. The molecule has 3 aromatic rings. The fraction of sp³-hybridized carbons (Fsp3) is 0.462. The molecule has 1 unspecified atom stereocenters. The van der Waals surface area contributed by atoms with Gasteiger partial charge in [0.2, 0.25) is 0 Å². The Morgan fingerprint density at radius 1 is 0.896 bits per heavy atom. The summed E-state index contributed by atoms with van der Waals surface area (Å²) in [4.78, 5) is 11.9. The van der Waals surface area contributed by atoms with E-state index in [4.69, 9.17) is 25.5 Å². The lowest BCUT2D eigenvalue weighted by molar-refractivity contribution is -0.143. The minimum atomic E-state index is -2.59. The van der Waals surface area contributed by atoms with Gasteiger partial charge in [0, 0.05) is 22.6 Å². The summed E-state index contributed by atoms with van der Waals surface area (Å²) in [6, 6.07) is 14.3. The van der Waals surface area contributed by atoms with Crippen molar-refractivity contribution in [3.8, 4) is 11.5 Å². The predicted octanol–water partition coefficient (Wildman–Crippen LogP) is 11.9. The molecule has 0 aromatic heterocycles. The van der Waals surface area contributed by atoms with Gasteiger partial charge in [-0.1, -0.05) is 89.9 Å². The van der Waals surface area contributed by atoms with Crippen molar-refractivity contribution >= 4 is 32.0 Å². The number of halogens is 4. The highest BCUT2D eigenvalue weighted by molar-refractivity contribution is 6.78. The lowest BCUT2D eigenvalue weighted by Crippen LogP contribution is -2.51. The van der Waals surface area contributed by atoms with Gasteiger partial charge < -0.3 is 13.9 Å². The van der Waals surface area contributed by atoms with Crippen LogP contribution in [0.5, 0.6) is 11.5 Å². The van der Waals surface area contributed by atoms with Crippen LogP contribution in [-0.2, 0) is 22.6 Å². The molecule has 3 rings (SSSR count). The lowest BCUT2D eigenvalue weighted by Gasteiger charge is -2.42. The summed E-state index contributed by atoms with van der Waals surface area (Å²) in [6.07, 6.45) is 6.23. The first kappa shape index (κ1) is 39.2. The summed E-state index contributed by atoms with van der Waals surface area (Å²) < 4.78 is 63.2. The van der Waals surface area contributed by atoms with Gasteiger partial charge in [-0.15, -0.1) is 0 Å². The normalized spacial score (nSPS) is 12.7. The Morgan fingerprint density at radius 2 is 1.54 bits per heavy atom. The van der Waals surface area contributed by atoms with E-state index in [0.29, 0.717) is 54.2 Å². The van der Waals surface area contributed by atoms with E-state index in [9.17, 15) is 9.18 Å². The number of ether oxygens (including phenoxy) is 2. The van der Waals surface area contributed by atoms with Crippen LogP contribution < -0.4 is 9.16 Å². The Hall–Kier alpha value is -3.23. The number of carbonyl (C=O) groups is 1. The molecule has 0 saturated heterocycles.